The molecule has 0 aromatic carbocycles. The van der Waals surface area contributed by atoms with E-state index in [1.54, 1.807) is 0 Å². The number of rotatable bonds is 78. The Kier molecular flexibility index (Phi) is 69.6. The smallest absolute Gasteiger partial charge is 0.462 e. The van der Waals surface area contributed by atoms with Gasteiger partial charge in [0.15, 0.2) is 12.2 Å². The van der Waals surface area contributed by atoms with Gasteiger partial charge in [0.25, 0.3) is 0 Å². The molecule has 0 saturated heterocycles. The van der Waals surface area contributed by atoms with E-state index in [1.165, 1.54) is 225 Å². The van der Waals surface area contributed by atoms with Gasteiger partial charge in [-0.3, -0.25) is 37.3 Å². The molecule has 0 aliphatic heterocycles. The third-order valence-corrected chi connectivity index (χ3v) is 20.2. The predicted octanol–water partition coefficient (Wildman–Crippen LogP) is 23.3. The molecule has 0 rings (SSSR count). The van der Waals surface area contributed by atoms with Crippen LogP contribution in [0.5, 0.6) is 0 Å². The van der Waals surface area contributed by atoms with Gasteiger partial charge >= 0.3 is 39.5 Å². The Hall–Kier alpha value is -1.94. The van der Waals surface area contributed by atoms with Crippen LogP contribution in [0.1, 0.15) is 413 Å². The van der Waals surface area contributed by atoms with Crippen LogP contribution in [0.3, 0.4) is 0 Å². The number of unbranched alkanes of at least 4 members (excludes halogenated alkanes) is 50. The second-order valence-corrected chi connectivity index (χ2v) is 31.5. The number of carbonyl (C=O) groups excluding carboxylic acids is 4. The highest BCUT2D eigenvalue weighted by molar-refractivity contribution is 7.47. The highest BCUT2D eigenvalue weighted by Gasteiger charge is 2.30. The van der Waals surface area contributed by atoms with Crippen LogP contribution in [0.15, 0.2) is 0 Å². The summed E-state index contributed by atoms with van der Waals surface area (Å²) in [6.45, 7) is 7.21. The van der Waals surface area contributed by atoms with Gasteiger partial charge in [0.2, 0.25) is 0 Å². The molecule has 0 aliphatic rings. The molecule has 97 heavy (non-hydrogen) atoms. The third-order valence-electron chi connectivity index (χ3n) is 18.3. The Labute approximate surface area is 594 Å². The maximum Gasteiger partial charge on any atom is 0.472 e. The largest absolute Gasteiger partial charge is 0.472 e. The Morgan fingerprint density at radius 1 is 0.278 bits per heavy atom. The van der Waals surface area contributed by atoms with Crippen LogP contribution < -0.4 is 0 Å². The van der Waals surface area contributed by atoms with Gasteiger partial charge in [-0.05, 0) is 31.6 Å². The number of phosphoric ester groups is 2. The van der Waals surface area contributed by atoms with Crippen molar-refractivity contribution in [2.75, 3.05) is 39.6 Å². The number of carbonyl (C=O) groups is 4. The fourth-order valence-corrected chi connectivity index (χ4v) is 13.6. The van der Waals surface area contributed by atoms with Crippen LogP contribution in [-0.2, 0) is 65.4 Å². The first-order valence-electron chi connectivity index (χ1n) is 40.6. The minimum Gasteiger partial charge on any atom is -0.462 e. The number of hydrogen-bond donors (Lipinski definition) is 3. The first-order chi connectivity index (χ1) is 47.0. The van der Waals surface area contributed by atoms with Gasteiger partial charge in [-0.25, -0.2) is 9.13 Å². The van der Waals surface area contributed by atoms with E-state index in [2.05, 4.69) is 34.6 Å². The molecule has 0 heterocycles. The van der Waals surface area contributed by atoms with E-state index < -0.39 is 97.5 Å². The van der Waals surface area contributed by atoms with Gasteiger partial charge in [0, 0.05) is 25.7 Å². The standard InChI is InChI=1S/C78H152O17P2/c1-6-9-12-15-18-20-22-24-26-28-29-30-31-32-34-36-38-40-42-48-53-58-63-77(82)94-74(68-89-76(81)62-57-52-47-41-39-37-35-33-27-25-23-21-19-16-13-10-7-2)70-93-97(86,87)91-66-72(79)65-90-96(84,85)92-69-73(67-88-75(80)61-56-51-45-17-14-11-8-3)95-78(83)64-59-54-49-44-43-46-50-55-60-71(4)5/h71-74,79H,6-70H2,1-5H3,(H,84,85)(H,86,87)/t72-,73+,74+/m0/s1. The molecule has 2 unspecified atom stereocenters. The van der Waals surface area contributed by atoms with Crippen LogP contribution in [0.4, 0.5) is 0 Å². The Bertz CT molecular complexity index is 1860. The summed E-state index contributed by atoms with van der Waals surface area (Å²) in [5.74, 6) is -1.40. The summed E-state index contributed by atoms with van der Waals surface area (Å²) in [6.07, 6.45) is 61.5. The average molecular weight is 1420 g/mol. The molecule has 0 amide bonds. The molecule has 0 aliphatic carbocycles. The van der Waals surface area contributed by atoms with Crippen molar-refractivity contribution in [3.63, 3.8) is 0 Å². The maximum absolute atomic E-state index is 13.1. The normalized spacial score (nSPS) is 13.9. The molecule has 5 atom stereocenters. The molecule has 0 saturated carbocycles. The van der Waals surface area contributed by atoms with Gasteiger partial charge < -0.3 is 33.8 Å². The highest BCUT2D eigenvalue weighted by atomic mass is 31.2. The van der Waals surface area contributed by atoms with Crippen molar-refractivity contribution in [3.8, 4) is 0 Å². The number of esters is 4. The monoisotopic (exact) mass is 1420 g/mol. The van der Waals surface area contributed by atoms with Crippen molar-refractivity contribution in [3.05, 3.63) is 0 Å². The summed E-state index contributed by atoms with van der Waals surface area (Å²) in [4.78, 5) is 72.7. The number of aliphatic hydroxyl groups excluding tert-OH is 1. The molecule has 0 bridgehead atoms. The molecule has 576 valence electrons. The molecule has 0 aromatic rings. The van der Waals surface area contributed by atoms with Gasteiger partial charge in [-0.1, -0.05) is 362 Å². The van der Waals surface area contributed by atoms with Crippen molar-refractivity contribution in [2.45, 2.75) is 432 Å². The van der Waals surface area contributed by atoms with Gasteiger partial charge in [0.1, 0.15) is 19.3 Å². The number of ether oxygens (including phenoxy) is 4. The Morgan fingerprint density at radius 3 is 0.701 bits per heavy atom. The summed E-state index contributed by atoms with van der Waals surface area (Å²) in [5, 5.41) is 10.6. The van der Waals surface area contributed by atoms with Crippen LogP contribution in [-0.4, -0.2) is 96.7 Å². The molecular weight excluding hydrogens is 1270 g/mol. The van der Waals surface area contributed by atoms with Crippen molar-refractivity contribution >= 4 is 39.5 Å². The molecule has 17 nitrogen and oxygen atoms in total. The average Bonchev–Trinajstić information content (AvgIpc) is 1.02. The number of hydrogen-bond acceptors (Lipinski definition) is 15. The van der Waals surface area contributed by atoms with Crippen LogP contribution in [0.2, 0.25) is 0 Å². The van der Waals surface area contributed by atoms with Gasteiger partial charge in [-0.15, -0.1) is 0 Å². The zero-order valence-electron chi connectivity index (χ0n) is 63.2. The topological polar surface area (TPSA) is 237 Å². The fourth-order valence-electron chi connectivity index (χ4n) is 12.1. The lowest BCUT2D eigenvalue weighted by Crippen LogP contribution is -2.30. The summed E-state index contributed by atoms with van der Waals surface area (Å²) < 4.78 is 68.4. The van der Waals surface area contributed by atoms with Crippen LogP contribution in [0.25, 0.3) is 0 Å². The lowest BCUT2D eigenvalue weighted by Gasteiger charge is -2.21. The molecule has 0 fully saturated rings. The quantitative estimate of drug-likeness (QED) is 0.0222. The van der Waals surface area contributed by atoms with E-state index in [-0.39, 0.29) is 25.7 Å². The lowest BCUT2D eigenvalue weighted by atomic mass is 10.0. The summed E-state index contributed by atoms with van der Waals surface area (Å²) in [5.41, 5.74) is 0. The van der Waals surface area contributed by atoms with Crippen molar-refractivity contribution in [1.82, 2.24) is 0 Å². The summed E-state index contributed by atoms with van der Waals surface area (Å²) in [7, 11) is -9.91. The Balaban J connectivity index is 5.15. The van der Waals surface area contributed by atoms with Crippen molar-refractivity contribution in [1.29, 1.82) is 0 Å². The molecule has 0 spiro atoms. The maximum atomic E-state index is 13.1. The van der Waals surface area contributed by atoms with Crippen molar-refractivity contribution < 1.29 is 80.2 Å². The van der Waals surface area contributed by atoms with E-state index in [4.69, 9.17) is 37.0 Å². The minimum atomic E-state index is -4.96. The molecule has 19 heteroatoms. The molecular formula is C78H152O17P2. The third kappa shape index (κ3) is 72.2. The second kappa shape index (κ2) is 71.1. The lowest BCUT2D eigenvalue weighted by molar-refractivity contribution is -0.161. The Morgan fingerprint density at radius 2 is 0.474 bits per heavy atom. The number of phosphoric acid groups is 2. The van der Waals surface area contributed by atoms with Crippen LogP contribution in [0, 0.1) is 5.92 Å². The molecule has 3 N–H and O–H groups in total. The van der Waals surface area contributed by atoms with Crippen molar-refractivity contribution in [2.24, 2.45) is 5.92 Å². The minimum absolute atomic E-state index is 0.105. The zero-order valence-corrected chi connectivity index (χ0v) is 65.0. The van der Waals surface area contributed by atoms with E-state index >= 15 is 0 Å². The first-order valence-corrected chi connectivity index (χ1v) is 43.6. The van der Waals surface area contributed by atoms with E-state index in [9.17, 15) is 43.2 Å². The number of aliphatic hydroxyl groups is 1. The van der Waals surface area contributed by atoms with Gasteiger partial charge in [0.05, 0.1) is 26.4 Å². The van der Waals surface area contributed by atoms with E-state index in [0.29, 0.717) is 25.7 Å². The highest BCUT2D eigenvalue weighted by Crippen LogP contribution is 2.45. The van der Waals surface area contributed by atoms with E-state index in [0.717, 1.165) is 109 Å². The van der Waals surface area contributed by atoms with E-state index in [1.807, 2.05) is 0 Å². The second-order valence-electron chi connectivity index (χ2n) is 28.6. The molecule has 0 aromatic heterocycles. The van der Waals surface area contributed by atoms with Crippen LogP contribution >= 0.6 is 15.6 Å². The zero-order chi connectivity index (χ0) is 71.2. The fraction of sp³-hybridized carbons (Fsp3) is 0.949. The van der Waals surface area contributed by atoms with Gasteiger partial charge in [-0.2, -0.15) is 0 Å². The summed E-state index contributed by atoms with van der Waals surface area (Å²) >= 11 is 0. The molecule has 0 radical (unpaired) electrons. The SMILES string of the molecule is CCCCCCCCCCCCCCCCCCCCCCCCC(=O)O[C@H](COC(=O)CCCCCCCCCCCCCCCCCCC)COP(=O)(O)OC[C@@H](O)COP(=O)(O)OC[C@@H](COC(=O)CCCCCCCCC)OC(=O)CCCCCCCCCCC(C)C. The first kappa shape index (κ1) is 95.1. The summed E-state index contributed by atoms with van der Waals surface area (Å²) in [6, 6.07) is 0. The predicted molar refractivity (Wildman–Crippen MR) is 395 cm³/mol.